The summed E-state index contributed by atoms with van der Waals surface area (Å²) in [5.74, 6) is 0.000424. The Morgan fingerprint density at radius 1 is 1.23 bits per heavy atom. The molecule has 0 radical (unpaired) electrons. The summed E-state index contributed by atoms with van der Waals surface area (Å²) in [6.45, 7) is 0. The number of halogens is 1. The Kier molecular flexibility index (Phi) is 4.28. The van der Waals surface area contributed by atoms with Crippen LogP contribution in [0.3, 0.4) is 0 Å². The van der Waals surface area contributed by atoms with Crippen LogP contribution < -0.4 is 0 Å². The zero-order valence-corrected chi connectivity index (χ0v) is 12.8. The van der Waals surface area contributed by atoms with E-state index in [0.717, 1.165) is 16.9 Å². The average Bonchev–Trinajstić information content (AvgIpc) is 2.90. The molecular formula is C14H11ClN4O2S. The first kappa shape index (κ1) is 14.8. The number of pyridine rings is 2. The smallest absolute Gasteiger partial charge is 0.158 e. The van der Waals surface area contributed by atoms with Gasteiger partial charge in [0, 0.05) is 18.0 Å². The van der Waals surface area contributed by atoms with Crippen molar-refractivity contribution < 1.29 is 8.76 Å². The van der Waals surface area contributed by atoms with Gasteiger partial charge in [-0.15, -0.1) is 0 Å². The fourth-order valence-corrected chi connectivity index (χ4v) is 2.72. The van der Waals surface area contributed by atoms with Gasteiger partial charge in [-0.05, 0) is 24.3 Å². The van der Waals surface area contributed by atoms with Gasteiger partial charge >= 0.3 is 0 Å². The predicted octanol–water partition coefficient (Wildman–Crippen LogP) is 2.70. The lowest BCUT2D eigenvalue weighted by Crippen LogP contribution is -2.00. The maximum atomic E-state index is 10.8. The molecule has 3 aromatic heterocycles. The standard InChI is InChI=1S/C14H11ClN4O2S/c15-14-13(10-2-1-5-16-6-10)19(9-18-14)12-4-3-11(17-7-12)8-22(20)21/h1-7,9H,8H2,(H,20,21). The highest BCUT2D eigenvalue weighted by molar-refractivity contribution is 7.78. The van der Waals surface area contributed by atoms with Gasteiger partial charge in [-0.1, -0.05) is 11.6 Å². The molecule has 3 aromatic rings. The Hall–Kier alpha value is -2.09. The van der Waals surface area contributed by atoms with Crippen molar-refractivity contribution in [3.05, 3.63) is 60.0 Å². The predicted molar refractivity (Wildman–Crippen MR) is 84.1 cm³/mol. The molecule has 1 unspecified atom stereocenters. The third-order valence-corrected chi connectivity index (χ3v) is 3.84. The van der Waals surface area contributed by atoms with Crippen LogP contribution in [0.1, 0.15) is 5.69 Å². The lowest BCUT2D eigenvalue weighted by molar-refractivity contribution is 0.563. The van der Waals surface area contributed by atoms with Crippen LogP contribution in [0.5, 0.6) is 0 Å². The highest BCUT2D eigenvalue weighted by Gasteiger charge is 2.13. The van der Waals surface area contributed by atoms with Crippen molar-refractivity contribution in [2.24, 2.45) is 0 Å². The molecule has 22 heavy (non-hydrogen) atoms. The van der Waals surface area contributed by atoms with Crippen LogP contribution in [-0.2, 0) is 16.8 Å². The van der Waals surface area contributed by atoms with Gasteiger partial charge in [0.05, 0.1) is 29.0 Å². The first-order valence-corrected chi connectivity index (χ1v) is 7.96. The van der Waals surface area contributed by atoms with Crippen LogP contribution in [0.2, 0.25) is 5.15 Å². The lowest BCUT2D eigenvalue weighted by atomic mass is 10.2. The third kappa shape index (κ3) is 3.06. The molecule has 0 saturated heterocycles. The summed E-state index contributed by atoms with van der Waals surface area (Å²) >= 11 is 4.27. The second kappa shape index (κ2) is 6.35. The highest BCUT2D eigenvalue weighted by Crippen LogP contribution is 2.28. The molecule has 0 amide bonds. The van der Waals surface area contributed by atoms with Gasteiger partial charge < -0.3 is 4.55 Å². The maximum absolute atomic E-state index is 10.8. The van der Waals surface area contributed by atoms with E-state index in [1.165, 1.54) is 0 Å². The van der Waals surface area contributed by atoms with Crippen LogP contribution in [0, 0.1) is 0 Å². The fraction of sp³-hybridized carbons (Fsp3) is 0.0714. The number of hydrogen-bond donors (Lipinski definition) is 1. The number of imidazole rings is 1. The van der Waals surface area contributed by atoms with Crippen LogP contribution in [0.4, 0.5) is 0 Å². The van der Waals surface area contributed by atoms with E-state index in [0.29, 0.717) is 10.8 Å². The summed E-state index contributed by atoms with van der Waals surface area (Å²) < 4.78 is 21.5. The minimum Gasteiger partial charge on any atom is -0.306 e. The molecule has 6 nitrogen and oxygen atoms in total. The maximum Gasteiger partial charge on any atom is 0.158 e. The Balaban J connectivity index is 2.01. The summed E-state index contributed by atoms with van der Waals surface area (Å²) in [6, 6.07) is 7.21. The molecule has 0 aromatic carbocycles. The van der Waals surface area contributed by atoms with Crippen molar-refractivity contribution in [2.45, 2.75) is 5.75 Å². The number of rotatable bonds is 4. The van der Waals surface area contributed by atoms with Crippen molar-refractivity contribution in [3.8, 4) is 16.9 Å². The van der Waals surface area contributed by atoms with Gasteiger partial charge in [-0.2, -0.15) is 0 Å². The van der Waals surface area contributed by atoms with Crippen LogP contribution >= 0.6 is 11.6 Å². The SMILES string of the molecule is O=S(O)Cc1ccc(-n2cnc(Cl)c2-c2cccnc2)cn1. The number of hydrogen-bond acceptors (Lipinski definition) is 4. The quantitative estimate of drug-likeness (QED) is 0.742. The molecule has 1 N–H and O–H groups in total. The summed E-state index contributed by atoms with van der Waals surface area (Å²) in [5, 5.41) is 0.369. The molecular weight excluding hydrogens is 324 g/mol. The molecule has 3 rings (SSSR count). The van der Waals surface area contributed by atoms with E-state index in [1.807, 2.05) is 12.1 Å². The van der Waals surface area contributed by atoms with Gasteiger partial charge in [0.25, 0.3) is 0 Å². The lowest BCUT2D eigenvalue weighted by Gasteiger charge is -2.08. The summed E-state index contributed by atoms with van der Waals surface area (Å²) in [6.07, 6.45) is 6.60. The van der Waals surface area contributed by atoms with Gasteiger partial charge in [-0.3, -0.25) is 14.5 Å². The minimum absolute atomic E-state index is 0.000424. The van der Waals surface area contributed by atoms with Crippen molar-refractivity contribution in [2.75, 3.05) is 0 Å². The van der Waals surface area contributed by atoms with E-state index in [4.69, 9.17) is 16.2 Å². The van der Waals surface area contributed by atoms with Crippen molar-refractivity contribution in [3.63, 3.8) is 0 Å². The zero-order chi connectivity index (χ0) is 15.5. The van der Waals surface area contributed by atoms with Gasteiger partial charge in [-0.25, -0.2) is 9.19 Å². The van der Waals surface area contributed by atoms with Crippen molar-refractivity contribution in [1.82, 2.24) is 19.5 Å². The fourth-order valence-electron chi connectivity index (χ4n) is 2.05. The van der Waals surface area contributed by atoms with E-state index in [1.54, 1.807) is 41.6 Å². The summed E-state index contributed by atoms with van der Waals surface area (Å²) in [5.41, 5.74) is 2.85. The molecule has 0 saturated carbocycles. The Morgan fingerprint density at radius 3 is 2.73 bits per heavy atom. The Morgan fingerprint density at radius 2 is 2.09 bits per heavy atom. The topological polar surface area (TPSA) is 80.9 Å². The highest BCUT2D eigenvalue weighted by atomic mass is 35.5. The zero-order valence-electron chi connectivity index (χ0n) is 11.3. The molecule has 0 aliphatic heterocycles. The number of nitrogens with zero attached hydrogens (tertiary/aromatic N) is 4. The molecule has 1 atom stereocenters. The molecule has 3 heterocycles. The summed E-state index contributed by atoms with van der Waals surface area (Å²) in [7, 11) is 0. The molecule has 0 spiro atoms. The third-order valence-electron chi connectivity index (χ3n) is 3.02. The van der Waals surface area contributed by atoms with Crippen LogP contribution in [-0.4, -0.2) is 28.3 Å². The summed E-state index contributed by atoms with van der Waals surface area (Å²) in [4.78, 5) is 12.4. The molecule has 0 bridgehead atoms. The second-order valence-corrected chi connectivity index (χ2v) is 5.76. The number of aromatic nitrogens is 4. The van der Waals surface area contributed by atoms with Crippen molar-refractivity contribution >= 4 is 22.7 Å². The van der Waals surface area contributed by atoms with E-state index in [-0.39, 0.29) is 5.75 Å². The normalized spacial score (nSPS) is 12.3. The van der Waals surface area contributed by atoms with Gasteiger partial charge in [0.1, 0.15) is 6.33 Å². The van der Waals surface area contributed by atoms with E-state index >= 15 is 0 Å². The first-order valence-electron chi connectivity index (χ1n) is 6.31. The largest absolute Gasteiger partial charge is 0.306 e. The van der Waals surface area contributed by atoms with Crippen LogP contribution in [0.25, 0.3) is 16.9 Å². The minimum atomic E-state index is -1.91. The molecule has 8 heteroatoms. The molecule has 0 aliphatic carbocycles. The second-order valence-electron chi connectivity index (χ2n) is 4.47. The molecule has 0 fully saturated rings. The molecule has 112 valence electrons. The van der Waals surface area contributed by atoms with E-state index < -0.39 is 11.1 Å². The molecule has 0 aliphatic rings. The van der Waals surface area contributed by atoms with E-state index in [9.17, 15) is 4.21 Å². The average molecular weight is 335 g/mol. The van der Waals surface area contributed by atoms with Crippen molar-refractivity contribution in [1.29, 1.82) is 0 Å². The Labute approximate surface area is 134 Å². The van der Waals surface area contributed by atoms with Crippen LogP contribution in [0.15, 0.2) is 49.2 Å². The Bertz CT molecular complexity index is 805. The van der Waals surface area contributed by atoms with E-state index in [2.05, 4.69) is 15.0 Å². The monoisotopic (exact) mass is 334 g/mol. The first-order chi connectivity index (χ1) is 10.6. The van der Waals surface area contributed by atoms with Gasteiger partial charge in [0.15, 0.2) is 16.2 Å². The van der Waals surface area contributed by atoms with Gasteiger partial charge in [0.2, 0.25) is 0 Å².